The van der Waals surface area contributed by atoms with Crippen molar-refractivity contribution in [2.75, 3.05) is 7.11 Å². The van der Waals surface area contributed by atoms with Gasteiger partial charge in [-0.1, -0.05) is 26.0 Å². The first-order valence-electron chi connectivity index (χ1n) is 4.93. The van der Waals surface area contributed by atoms with Crippen LogP contribution in [0.5, 0.6) is 5.75 Å². The lowest BCUT2D eigenvalue weighted by molar-refractivity contribution is -0.112. The minimum atomic E-state index is -0.140. The maximum atomic E-state index is 11.4. The zero-order valence-corrected chi connectivity index (χ0v) is 10.1. The highest BCUT2D eigenvalue weighted by Crippen LogP contribution is 2.27. The summed E-state index contributed by atoms with van der Waals surface area (Å²) in [5.74, 6) is 0.913. The Balaban J connectivity index is 2.97. The molecule has 0 aliphatic carbocycles. The third kappa shape index (κ3) is 2.99. The van der Waals surface area contributed by atoms with Crippen LogP contribution < -0.4 is 4.74 Å². The monoisotopic (exact) mass is 224 g/mol. The number of methoxy groups -OCH3 is 1. The topological polar surface area (TPSA) is 26.3 Å². The van der Waals surface area contributed by atoms with Crippen LogP contribution in [0.4, 0.5) is 0 Å². The Bertz CT molecular complexity index is 330. The smallest absolute Gasteiger partial charge is 0.193 e. The fourth-order valence-electron chi connectivity index (χ4n) is 1.62. The molecule has 0 heterocycles. The van der Waals surface area contributed by atoms with E-state index in [-0.39, 0.29) is 17.0 Å². The predicted molar refractivity (Wildman–Crippen MR) is 64.6 cm³/mol. The Morgan fingerprint density at radius 1 is 1.27 bits per heavy atom. The summed E-state index contributed by atoms with van der Waals surface area (Å²) in [5, 5.41) is -0.0878. The van der Waals surface area contributed by atoms with Crippen molar-refractivity contribution in [3.05, 3.63) is 29.8 Å². The Kier molecular flexibility index (Phi) is 4.21. The molecule has 0 bridgehead atoms. The second-order valence-electron chi connectivity index (χ2n) is 3.83. The molecule has 0 aromatic heterocycles. The molecular weight excluding hydrogens is 208 g/mol. The van der Waals surface area contributed by atoms with E-state index in [1.165, 1.54) is 0 Å². The van der Waals surface area contributed by atoms with E-state index < -0.39 is 0 Å². The van der Waals surface area contributed by atoms with Crippen LogP contribution >= 0.6 is 12.6 Å². The van der Waals surface area contributed by atoms with Crippen LogP contribution in [0.2, 0.25) is 0 Å². The molecule has 0 fully saturated rings. The highest BCUT2D eigenvalue weighted by Gasteiger charge is 2.21. The largest absolute Gasteiger partial charge is 0.497 e. The summed E-state index contributed by atoms with van der Waals surface area (Å²) in [6, 6.07) is 7.55. The molecule has 15 heavy (non-hydrogen) atoms. The summed E-state index contributed by atoms with van der Waals surface area (Å²) >= 11 is 3.92. The zero-order chi connectivity index (χ0) is 11.4. The first-order chi connectivity index (χ1) is 7.06. The van der Waals surface area contributed by atoms with Crippen molar-refractivity contribution in [2.24, 2.45) is 5.92 Å². The van der Waals surface area contributed by atoms with Gasteiger partial charge in [-0.15, -0.1) is 12.6 Å². The van der Waals surface area contributed by atoms with Crippen molar-refractivity contribution in [2.45, 2.75) is 19.8 Å². The third-order valence-electron chi connectivity index (χ3n) is 2.41. The minimum Gasteiger partial charge on any atom is -0.497 e. The van der Waals surface area contributed by atoms with E-state index in [9.17, 15) is 4.79 Å². The minimum absolute atomic E-state index is 0.0878. The number of benzene rings is 1. The number of carbonyl (C=O) groups is 1. The molecule has 0 saturated heterocycles. The van der Waals surface area contributed by atoms with Gasteiger partial charge in [0, 0.05) is 0 Å². The third-order valence-corrected chi connectivity index (χ3v) is 2.69. The number of rotatable bonds is 4. The van der Waals surface area contributed by atoms with Crippen molar-refractivity contribution in [1.82, 2.24) is 0 Å². The van der Waals surface area contributed by atoms with E-state index in [2.05, 4.69) is 12.6 Å². The zero-order valence-electron chi connectivity index (χ0n) is 9.23. The maximum absolute atomic E-state index is 11.4. The van der Waals surface area contributed by atoms with Gasteiger partial charge in [0.15, 0.2) is 5.12 Å². The van der Waals surface area contributed by atoms with Gasteiger partial charge in [-0.05, 0) is 23.6 Å². The van der Waals surface area contributed by atoms with Crippen molar-refractivity contribution < 1.29 is 9.53 Å². The van der Waals surface area contributed by atoms with Gasteiger partial charge in [-0.3, -0.25) is 4.79 Å². The van der Waals surface area contributed by atoms with E-state index in [0.29, 0.717) is 0 Å². The van der Waals surface area contributed by atoms with Gasteiger partial charge in [-0.2, -0.15) is 0 Å². The SMILES string of the molecule is COc1ccc(C(C(=O)S)C(C)C)cc1. The van der Waals surface area contributed by atoms with E-state index in [1.54, 1.807) is 7.11 Å². The molecule has 0 radical (unpaired) electrons. The standard InChI is InChI=1S/C12H16O2S/c1-8(2)11(12(13)15)9-4-6-10(14-3)7-5-9/h4-8,11H,1-3H3,(H,13,15). The fraction of sp³-hybridized carbons (Fsp3) is 0.417. The first kappa shape index (κ1) is 12.1. The normalized spacial score (nSPS) is 12.6. The summed E-state index contributed by atoms with van der Waals surface area (Å²) in [6.07, 6.45) is 0. The lowest BCUT2D eigenvalue weighted by atomic mass is 9.89. The molecule has 1 aromatic carbocycles. The molecular formula is C12H16O2S. The first-order valence-corrected chi connectivity index (χ1v) is 5.37. The van der Waals surface area contributed by atoms with Crippen LogP contribution in [0.15, 0.2) is 24.3 Å². The Hall–Kier alpha value is -0.960. The summed E-state index contributed by atoms with van der Waals surface area (Å²) in [6.45, 7) is 4.03. The average molecular weight is 224 g/mol. The molecule has 3 heteroatoms. The number of thiol groups is 1. The van der Waals surface area contributed by atoms with E-state index >= 15 is 0 Å². The molecule has 1 unspecified atom stereocenters. The Morgan fingerprint density at radius 2 is 1.80 bits per heavy atom. The molecule has 1 rings (SSSR count). The molecule has 0 spiro atoms. The molecule has 0 aliphatic rings. The van der Waals surface area contributed by atoms with Crippen LogP contribution in [0.3, 0.4) is 0 Å². The van der Waals surface area contributed by atoms with Crippen LogP contribution in [0.1, 0.15) is 25.3 Å². The lowest BCUT2D eigenvalue weighted by Gasteiger charge is -2.17. The van der Waals surface area contributed by atoms with Crippen molar-refractivity contribution in [3.8, 4) is 5.75 Å². The molecule has 1 atom stereocenters. The highest BCUT2D eigenvalue weighted by molar-refractivity contribution is 7.96. The molecule has 82 valence electrons. The quantitative estimate of drug-likeness (QED) is 0.796. The van der Waals surface area contributed by atoms with E-state index in [1.807, 2.05) is 38.1 Å². The number of hydrogen-bond acceptors (Lipinski definition) is 2. The predicted octanol–water partition coefficient (Wildman–Crippen LogP) is 2.89. The highest BCUT2D eigenvalue weighted by atomic mass is 32.1. The second-order valence-corrected chi connectivity index (χ2v) is 4.27. The molecule has 0 amide bonds. The maximum Gasteiger partial charge on any atom is 0.193 e. The number of carbonyl (C=O) groups excluding carboxylic acids is 1. The van der Waals surface area contributed by atoms with Crippen LogP contribution in [-0.4, -0.2) is 12.2 Å². The summed E-state index contributed by atoms with van der Waals surface area (Å²) in [5.41, 5.74) is 0.991. The van der Waals surface area contributed by atoms with Gasteiger partial charge >= 0.3 is 0 Å². The van der Waals surface area contributed by atoms with Gasteiger partial charge < -0.3 is 4.74 Å². The summed E-state index contributed by atoms with van der Waals surface area (Å²) < 4.78 is 5.07. The Morgan fingerprint density at radius 3 is 2.13 bits per heavy atom. The molecule has 0 aliphatic heterocycles. The fourth-order valence-corrected chi connectivity index (χ4v) is 2.07. The number of ether oxygens (including phenoxy) is 1. The van der Waals surface area contributed by atoms with Crippen molar-refractivity contribution in [3.63, 3.8) is 0 Å². The molecule has 2 nitrogen and oxygen atoms in total. The van der Waals surface area contributed by atoms with Gasteiger partial charge in [0.05, 0.1) is 13.0 Å². The molecule has 0 N–H and O–H groups in total. The van der Waals surface area contributed by atoms with Crippen LogP contribution in [0, 0.1) is 5.92 Å². The van der Waals surface area contributed by atoms with Crippen molar-refractivity contribution in [1.29, 1.82) is 0 Å². The van der Waals surface area contributed by atoms with Crippen LogP contribution in [-0.2, 0) is 4.79 Å². The Labute approximate surface area is 96.1 Å². The molecule has 1 aromatic rings. The molecule has 0 saturated carbocycles. The van der Waals surface area contributed by atoms with Gasteiger partial charge in [0.1, 0.15) is 5.75 Å². The van der Waals surface area contributed by atoms with Crippen LogP contribution in [0.25, 0.3) is 0 Å². The van der Waals surface area contributed by atoms with E-state index in [4.69, 9.17) is 4.74 Å². The average Bonchev–Trinajstić information content (AvgIpc) is 2.18. The van der Waals surface area contributed by atoms with Gasteiger partial charge in [0.25, 0.3) is 0 Å². The van der Waals surface area contributed by atoms with Crippen molar-refractivity contribution >= 4 is 17.7 Å². The second kappa shape index (κ2) is 5.21. The van der Waals surface area contributed by atoms with Gasteiger partial charge in [-0.25, -0.2) is 0 Å². The summed E-state index contributed by atoms with van der Waals surface area (Å²) in [4.78, 5) is 11.4. The van der Waals surface area contributed by atoms with E-state index in [0.717, 1.165) is 11.3 Å². The van der Waals surface area contributed by atoms with Gasteiger partial charge in [0.2, 0.25) is 0 Å². The lowest BCUT2D eigenvalue weighted by Crippen LogP contribution is -2.13. The number of hydrogen-bond donors (Lipinski definition) is 1. The summed E-state index contributed by atoms with van der Waals surface area (Å²) in [7, 11) is 1.62.